The van der Waals surface area contributed by atoms with E-state index in [9.17, 15) is 0 Å². The van der Waals surface area contributed by atoms with Crippen LogP contribution in [0, 0.1) is 0 Å². The van der Waals surface area contributed by atoms with E-state index in [1.54, 1.807) is 0 Å². The Labute approximate surface area is 110 Å². The molecule has 0 atom stereocenters. The predicted molar refractivity (Wildman–Crippen MR) is 72.9 cm³/mol. The number of aliphatic hydroxyl groups is 2. The highest BCUT2D eigenvalue weighted by Gasteiger charge is 2.09. The maximum absolute atomic E-state index is 8.87. The number of aliphatic hydroxyl groups excluding tert-OH is 2. The molecule has 1 aliphatic heterocycles. The monoisotopic (exact) mass is 257 g/mol. The van der Waals surface area contributed by atoms with Gasteiger partial charge in [-0.3, -0.25) is 0 Å². The summed E-state index contributed by atoms with van der Waals surface area (Å²) in [6, 6.07) is 0. The highest BCUT2D eigenvalue weighted by atomic mass is 16.3. The summed E-state index contributed by atoms with van der Waals surface area (Å²) < 4.78 is 0. The van der Waals surface area contributed by atoms with E-state index in [2.05, 4.69) is 34.1 Å². The lowest BCUT2D eigenvalue weighted by molar-refractivity contribution is 0.193. The van der Waals surface area contributed by atoms with Crippen molar-refractivity contribution in [1.82, 2.24) is 14.7 Å². The highest BCUT2D eigenvalue weighted by molar-refractivity contribution is 4.88. The van der Waals surface area contributed by atoms with Crippen molar-refractivity contribution in [3.8, 4) is 0 Å². The van der Waals surface area contributed by atoms with E-state index in [1.807, 2.05) is 0 Å². The number of nitrogens with zero attached hydrogens (tertiary/aromatic N) is 3. The van der Waals surface area contributed by atoms with Crippen LogP contribution in [-0.4, -0.2) is 78.0 Å². The van der Waals surface area contributed by atoms with Gasteiger partial charge in [-0.25, -0.2) is 0 Å². The van der Waals surface area contributed by atoms with Crippen molar-refractivity contribution in [2.75, 3.05) is 53.1 Å². The van der Waals surface area contributed by atoms with Gasteiger partial charge in [-0.05, 0) is 25.8 Å². The van der Waals surface area contributed by atoms with Gasteiger partial charge in [0.2, 0.25) is 0 Å². The standard InChI is InChI=1S/C13H27N3O2/c1-14-9-10-16(13-14)6-2-5-15(7-3-11-17)8-4-12-18/h9-10,17-18H,2-8,11-13H2,1H3. The van der Waals surface area contributed by atoms with Crippen LogP contribution >= 0.6 is 0 Å². The molecule has 5 heteroatoms. The summed E-state index contributed by atoms with van der Waals surface area (Å²) in [5.41, 5.74) is 0. The number of rotatable bonds is 10. The van der Waals surface area contributed by atoms with Crippen LogP contribution in [0.15, 0.2) is 12.4 Å². The summed E-state index contributed by atoms with van der Waals surface area (Å²) in [5.74, 6) is 0. The molecule has 0 fully saturated rings. The second-order valence-corrected chi connectivity index (χ2v) is 4.86. The van der Waals surface area contributed by atoms with Gasteiger partial charge >= 0.3 is 0 Å². The molecular weight excluding hydrogens is 230 g/mol. The predicted octanol–water partition coefficient (Wildman–Crippen LogP) is 0.119. The van der Waals surface area contributed by atoms with Gasteiger partial charge in [0.25, 0.3) is 0 Å². The fraction of sp³-hybridized carbons (Fsp3) is 0.846. The second kappa shape index (κ2) is 9.19. The largest absolute Gasteiger partial charge is 0.396 e. The maximum atomic E-state index is 8.87. The Balaban J connectivity index is 2.13. The average Bonchev–Trinajstić information content (AvgIpc) is 2.78. The zero-order valence-electron chi connectivity index (χ0n) is 11.5. The zero-order valence-corrected chi connectivity index (χ0v) is 11.5. The Hall–Kier alpha value is -0.780. The van der Waals surface area contributed by atoms with Gasteiger partial charge in [0.05, 0.1) is 6.67 Å². The molecule has 0 unspecified atom stereocenters. The summed E-state index contributed by atoms with van der Waals surface area (Å²) in [6.45, 7) is 5.42. The molecule has 1 rings (SSSR count). The summed E-state index contributed by atoms with van der Waals surface area (Å²) in [7, 11) is 2.07. The van der Waals surface area contributed by atoms with Crippen LogP contribution in [0.1, 0.15) is 19.3 Å². The van der Waals surface area contributed by atoms with Crippen LogP contribution in [-0.2, 0) is 0 Å². The minimum absolute atomic E-state index is 0.245. The molecule has 0 bridgehead atoms. The van der Waals surface area contributed by atoms with Crippen molar-refractivity contribution in [2.45, 2.75) is 19.3 Å². The first kappa shape index (κ1) is 15.3. The Morgan fingerprint density at radius 1 is 1.00 bits per heavy atom. The molecule has 0 saturated carbocycles. The summed E-state index contributed by atoms with van der Waals surface area (Å²) in [6.07, 6.45) is 6.98. The van der Waals surface area contributed by atoms with Crippen LogP contribution in [0.4, 0.5) is 0 Å². The molecular formula is C13H27N3O2. The van der Waals surface area contributed by atoms with Crippen molar-refractivity contribution in [2.24, 2.45) is 0 Å². The molecule has 18 heavy (non-hydrogen) atoms. The van der Waals surface area contributed by atoms with E-state index < -0.39 is 0 Å². The molecule has 0 spiro atoms. The van der Waals surface area contributed by atoms with Crippen molar-refractivity contribution in [1.29, 1.82) is 0 Å². The molecule has 0 saturated heterocycles. The quantitative estimate of drug-likeness (QED) is 0.582. The normalized spacial score (nSPS) is 15.1. The molecule has 0 aromatic carbocycles. The summed E-state index contributed by atoms with van der Waals surface area (Å²) >= 11 is 0. The van der Waals surface area contributed by atoms with Crippen LogP contribution in [0.3, 0.4) is 0 Å². The molecule has 1 heterocycles. The molecule has 5 nitrogen and oxygen atoms in total. The molecule has 106 valence electrons. The Morgan fingerprint density at radius 3 is 2.11 bits per heavy atom. The van der Waals surface area contributed by atoms with Crippen molar-refractivity contribution >= 4 is 0 Å². The zero-order chi connectivity index (χ0) is 13.2. The van der Waals surface area contributed by atoms with Crippen LogP contribution in [0.25, 0.3) is 0 Å². The van der Waals surface area contributed by atoms with Gasteiger partial charge in [-0.15, -0.1) is 0 Å². The highest BCUT2D eigenvalue weighted by Crippen LogP contribution is 2.05. The van der Waals surface area contributed by atoms with E-state index in [1.165, 1.54) is 0 Å². The van der Waals surface area contributed by atoms with Gasteiger partial charge in [0, 0.05) is 52.3 Å². The van der Waals surface area contributed by atoms with E-state index in [-0.39, 0.29) is 13.2 Å². The van der Waals surface area contributed by atoms with Crippen LogP contribution < -0.4 is 0 Å². The Bertz CT molecular complexity index is 228. The van der Waals surface area contributed by atoms with E-state index >= 15 is 0 Å². The van der Waals surface area contributed by atoms with Crippen molar-refractivity contribution in [3.63, 3.8) is 0 Å². The summed E-state index contributed by atoms with van der Waals surface area (Å²) in [5, 5.41) is 17.7. The molecule has 0 aromatic rings. The minimum atomic E-state index is 0.245. The molecule has 2 N–H and O–H groups in total. The van der Waals surface area contributed by atoms with Crippen LogP contribution in [0.2, 0.25) is 0 Å². The Morgan fingerprint density at radius 2 is 1.61 bits per heavy atom. The second-order valence-electron chi connectivity index (χ2n) is 4.86. The molecule has 1 aliphatic rings. The van der Waals surface area contributed by atoms with Crippen molar-refractivity contribution < 1.29 is 10.2 Å². The number of hydrogen-bond acceptors (Lipinski definition) is 5. The molecule has 0 radical (unpaired) electrons. The first-order valence-corrected chi connectivity index (χ1v) is 6.83. The third kappa shape index (κ3) is 6.23. The third-order valence-electron chi connectivity index (χ3n) is 3.12. The lowest BCUT2D eigenvalue weighted by atomic mass is 10.3. The lowest BCUT2D eigenvalue weighted by Crippen LogP contribution is -2.31. The fourth-order valence-electron chi connectivity index (χ4n) is 2.16. The first-order valence-electron chi connectivity index (χ1n) is 6.83. The molecule has 0 aromatic heterocycles. The average molecular weight is 257 g/mol. The minimum Gasteiger partial charge on any atom is -0.396 e. The van der Waals surface area contributed by atoms with Crippen LogP contribution in [0.5, 0.6) is 0 Å². The molecule has 0 amide bonds. The maximum Gasteiger partial charge on any atom is 0.0890 e. The van der Waals surface area contributed by atoms with Crippen molar-refractivity contribution in [3.05, 3.63) is 12.4 Å². The lowest BCUT2D eigenvalue weighted by Gasteiger charge is -2.23. The summed E-state index contributed by atoms with van der Waals surface area (Å²) in [4.78, 5) is 6.79. The van der Waals surface area contributed by atoms with E-state index in [0.29, 0.717) is 0 Å². The third-order valence-corrected chi connectivity index (χ3v) is 3.12. The van der Waals surface area contributed by atoms with E-state index in [0.717, 1.165) is 52.1 Å². The van der Waals surface area contributed by atoms with Gasteiger partial charge < -0.3 is 24.9 Å². The van der Waals surface area contributed by atoms with Gasteiger partial charge in [-0.1, -0.05) is 0 Å². The number of hydrogen-bond donors (Lipinski definition) is 2. The van der Waals surface area contributed by atoms with Gasteiger partial charge in [0.15, 0.2) is 0 Å². The SMILES string of the molecule is CN1C=CN(CCCN(CCCO)CCCO)C1. The topological polar surface area (TPSA) is 50.2 Å². The molecule has 0 aliphatic carbocycles. The first-order chi connectivity index (χ1) is 8.76. The smallest absolute Gasteiger partial charge is 0.0890 e. The Kier molecular flexibility index (Phi) is 7.80. The van der Waals surface area contributed by atoms with E-state index in [4.69, 9.17) is 10.2 Å². The van der Waals surface area contributed by atoms with Gasteiger partial charge in [0.1, 0.15) is 0 Å². The van der Waals surface area contributed by atoms with Gasteiger partial charge in [-0.2, -0.15) is 0 Å². The fourth-order valence-corrected chi connectivity index (χ4v) is 2.16.